The third-order valence-electron chi connectivity index (χ3n) is 2.83. The SMILES string of the molecule is O=S(=O)(OI1OC(C(F)(F)F)(C(F)(F)F)c2ccccc21)C(F)(F)F. The van der Waals surface area contributed by atoms with Crippen molar-refractivity contribution >= 4 is 30.8 Å². The Morgan fingerprint density at radius 1 is 0.920 bits per heavy atom. The molecule has 1 aliphatic rings. The summed E-state index contributed by atoms with van der Waals surface area (Å²) in [5.74, 6) is 0. The van der Waals surface area contributed by atoms with Gasteiger partial charge in [0.25, 0.3) is 0 Å². The van der Waals surface area contributed by atoms with Crippen molar-refractivity contribution in [2.24, 2.45) is 0 Å². The molecule has 0 saturated carbocycles. The van der Waals surface area contributed by atoms with Crippen LogP contribution in [0.5, 0.6) is 0 Å². The van der Waals surface area contributed by atoms with Crippen LogP contribution >= 0.6 is 20.6 Å². The van der Waals surface area contributed by atoms with Crippen LogP contribution in [0.4, 0.5) is 39.5 Å². The zero-order chi connectivity index (χ0) is 19.5. The molecular formula is C10H4F9IO4S. The van der Waals surface area contributed by atoms with Gasteiger partial charge in [-0.1, -0.05) is 0 Å². The number of hydrogen-bond acceptors (Lipinski definition) is 4. The van der Waals surface area contributed by atoms with Crippen molar-refractivity contribution in [1.82, 2.24) is 0 Å². The number of rotatable bonds is 2. The van der Waals surface area contributed by atoms with Crippen molar-refractivity contribution in [2.75, 3.05) is 0 Å². The van der Waals surface area contributed by atoms with Gasteiger partial charge in [0.15, 0.2) is 0 Å². The van der Waals surface area contributed by atoms with E-state index in [2.05, 4.69) is 5.58 Å². The Balaban J connectivity index is 2.64. The van der Waals surface area contributed by atoms with Crippen molar-refractivity contribution in [3.05, 3.63) is 33.4 Å². The quantitative estimate of drug-likeness (QED) is 0.331. The molecule has 0 aromatic heterocycles. The summed E-state index contributed by atoms with van der Waals surface area (Å²) < 4.78 is 145. The second-order valence-electron chi connectivity index (χ2n) is 4.41. The predicted octanol–water partition coefficient (Wildman–Crippen LogP) is 4.41. The van der Waals surface area contributed by atoms with Gasteiger partial charge in [0.1, 0.15) is 0 Å². The third kappa shape index (κ3) is 3.18. The average molecular weight is 518 g/mol. The minimum atomic E-state index is -6.46. The van der Waals surface area contributed by atoms with Gasteiger partial charge in [-0.3, -0.25) is 0 Å². The van der Waals surface area contributed by atoms with Gasteiger partial charge in [-0.15, -0.1) is 0 Å². The maximum atomic E-state index is 13.2. The van der Waals surface area contributed by atoms with Crippen LogP contribution in [0.2, 0.25) is 0 Å². The molecule has 0 N–H and O–H groups in total. The number of benzene rings is 1. The third-order valence-corrected chi connectivity index (χ3v) is 9.02. The first kappa shape index (κ1) is 20.5. The van der Waals surface area contributed by atoms with E-state index in [-0.39, 0.29) is 0 Å². The van der Waals surface area contributed by atoms with Crippen molar-refractivity contribution in [3.8, 4) is 0 Å². The Kier molecular flexibility index (Phi) is 4.80. The van der Waals surface area contributed by atoms with Crippen molar-refractivity contribution in [3.63, 3.8) is 0 Å². The Hall–Kier alpha value is -0.810. The summed E-state index contributed by atoms with van der Waals surface area (Å²) in [5, 5.41) is 0. The van der Waals surface area contributed by atoms with E-state index in [9.17, 15) is 47.9 Å². The molecule has 4 nitrogen and oxygen atoms in total. The summed E-state index contributed by atoms with van der Waals surface area (Å²) >= 11 is -4.99. The van der Waals surface area contributed by atoms with Crippen LogP contribution in [0.15, 0.2) is 24.3 Å². The van der Waals surface area contributed by atoms with E-state index < -0.39 is 63.4 Å². The van der Waals surface area contributed by atoms with E-state index in [0.29, 0.717) is 12.1 Å². The van der Waals surface area contributed by atoms with E-state index in [1.807, 2.05) is 0 Å². The van der Waals surface area contributed by atoms with Crippen molar-refractivity contribution in [2.45, 2.75) is 23.5 Å². The molecule has 0 saturated heterocycles. The van der Waals surface area contributed by atoms with Crippen LogP contribution in [0.3, 0.4) is 0 Å². The summed E-state index contributed by atoms with van der Waals surface area (Å²) in [6.45, 7) is 0. The Bertz CT molecular complexity index is 754. The summed E-state index contributed by atoms with van der Waals surface area (Å²) in [7, 11) is -6.46. The van der Waals surface area contributed by atoms with E-state index >= 15 is 0 Å². The molecule has 0 spiro atoms. The van der Waals surface area contributed by atoms with Gasteiger partial charge in [-0.05, 0) is 0 Å². The fraction of sp³-hybridized carbons (Fsp3) is 0.400. The van der Waals surface area contributed by atoms with E-state index in [4.69, 9.17) is 0 Å². The first-order chi connectivity index (χ1) is 11.0. The van der Waals surface area contributed by atoms with E-state index in [0.717, 1.165) is 12.1 Å². The summed E-state index contributed by atoms with van der Waals surface area (Å²) in [6.07, 6.45) is -12.3. The van der Waals surface area contributed by atoms with Gasteiger partial charge < -0.3 is 0 Å². The molecule has 0 amide bonds. The van der Waals surface area contributed by atoms with Crippen LogP contribution in [0.1, 0.15) is 5.56 Å². The topological polar surface area (TPSA) is 52.6 Å². The van der Waals surface area contributed by atoms with Crippen molar-refractivity contribution < 1.29 is 53.5 Å². The molecule has 1 aromatic carbocycles. The molecule has 0 bridgehead atoms. The monoisotopic (exact) mass is 518 g/mol. The maximum absolute atomic E-state index is 13.2. The summed E-state index contributed by atoms with van der Waals surface area (Å²) in [5.41, 5.74) is -12.6. The van der Waals surface area contributed by atoms with E-state index in [1.165, 1.54) is 0 Å². The standard InChI is InChI=1S/C10H4F9IO4S/c11-8(12,13)7(9(14,15)16)5-3-1-2-4-6(5)20(23-7)24-25(21,22)10(17,18)19/h1-4H. The number of hydrogen-bond donors (Lipinski definition) is 0. The summed E-state index contributed by atoms with van der Waals surface area (Å²) in [6, 6.07) is 2.63. The first-order valence-corrected chi connectivity index (χ1v) is 9.93. The van der Waals surface area contributed by atoms with Crippen LogP contribution in [-0.2, 0) is 21.3 Å². The van der Waals surface area contributed by atoms with Crippen LogP contribution < -0.4 is 0 Å². The molecule has 0 atom stereocenters. The van der Waals surface area contributed by atoms with Crippen LogP contribution in [0.25, 0.3) is 0 Å². The van der Waals surface area contributed by atoms with Crippen LogP contribution in [0, 0.1) is 3.57 Å². The molecule has 1 aromatic rings. The summed E-state index contributed by atoms with van der Waals surface area (Å²) in [4.78, 5) is 0. The molecule has 15 heteroatoms. The minimum absolute atomic E-state index is 0.345. The van der Waals surface area contributed by atoms with Gasteiger partial charge in [-0.25, -0.2) is 0 Å². The second kappa shape index (κ2) is 5.85. The molecule has 2 rings (SSSR count). The van der Waals surface area contributed by atoms with E-state index in [1.54, 1.807) is 0 Å². The molecule has 0 fully saturated rings. The van der Waals surface area contributed by atoms with Gasteiger partial charge in [0.2, 0.25) is 0 Å². The predicted molar refractivity (Wildman–Crippen MR) is 70.1 cm³/mol. The fourth-order valence-electron chi connectivity index (χ4n) is 1.78. The van der Waals surface area contributed by atoms with Crippen molar-refractivity contribution in [1.29, 1.82) is 0 Å². The number of halogens is 10. The molecule has 0 radical (unpaired) electrons. The molecule has 25 heavy (non-hydrogen) atoms. The van der Waals surface area contributed by atoms with Gasteiger partial charge in [0.05, 0.1) is 0 Å². The Morgan fingerprint density at radius 2 is 1.40 bits per heavy atom. The molecule has 0 aliphatic carbocycles. The normalized spacial score (nSPS) is 19.8. The van der Waals surface area contributed by atoms with Gasteiger partial charge >= 0.3 is 141 Å². The van der Waals surface area contributed by atoms with Gasteiger partial charge in [-0.2, -0.15) is 0 Å². The second-order valence-corrected chi connectivity index (χ2v) is 9.83. The molecule has 1 heterocycles. The Morgan fingerprint density at radius 3 is 1.84 bits per heavy atom. The molecule has 144 valence electrons. The molecule has 1 aliphatic heterocycles. The first-order valence-electron chi connectivity index (χ1n) is 5.68. The Labute approximate surface area is 141 Å². The average Bonchev–Trinajstić information content (AvgIpc) is 2.72. The van der Waals surface area contributed by atoms with Crippen LogP contribution in [-0.4, -0.2) is 26.3 Å². The molecule has 0 unspecified atom stereocenters. The number of fused-ring (bicyclic) bond motifs is 1. The van der Waals surface area contributed by atoms with Gasteiger partial charge in [0, 0.05) is 0 Å². The zero-order valence-corrected chi connectivity index (χ0v) is 14.1. The number of alkyl halides is 9. The fourth-order valence-corrected chi connectivity index (χ4v) is 7.91. The molecular weight excluding hydrogens is 514 g/mol. The zero-order valence-electron chi connectivity index (χ0n) is 11.1.